The van der Waals surface area contributed by atoms with E-state index in [1.165, 1.54) is 6.42 Å². The molecule has 0 rings (SSSR count). The number of nitrogens with two attached hydrogens (primary N) is 1. The summed E-state index contributed by atoms with van der Waals surface area (Å²) in [5.74, 6) is 0.657. The van der Waals surface area contributed by atoms with Gasteiger partial charge in [-0.3, -0.25) is 0 Å². The highest BCUT2D eigenvalue weighted by Crippen LogP contribution is 2.14. The van der Waals surface area contributed by atoms with Crippen LogP contribution in [-0.2, 0) is 0 Å². The lowest BCUT2D eigenvalue weighted by Crippen LogP contribution is -2.46. The largest absolute Gasteiger partial charge is 0.330 e. The van der Waals surface area contributed by atoms with Gasteiger partial charge in [0.15, 0.2) is 0 Å². The SMILES string of the molecule is CC(=N)C(C)(C)NCCC(CCN)CCNC(C)(C)C. The lowest BCUT2D eigenvalue weighted by atomic mass is 9.95. The Hall–Kier alpha value is -0.450. The molecule has 0 aromatic rings. The summed E-state index contributed by atoms with van der Waals surface area (Å²) < 4.78 is 0. The van der Waals surface area contributed by atoms with Crippen LogP contribution < -0.4 is 16.4 Å². The predicted molar refractivity (Wildman–Crippen MR) is 89.6 cm³/mol. The second kappa shape index (κ2) is 8.75. The van der Waals surface area contributed by atoms with Crippen molar-refractivity contribution >= 4 is 5.71 Å². The van der Waals surface area contributed by atoms with Crippen molar-refractivity contribution in [3.63, 3.8) is 0 Å². The number of hydrogen-bond donors (Lipinski definition) is 4. The minimum atomic E-state index is -0.197. The van der Waals surface area contributed by atoms with E-state index in [1.54, 1.807) is 0 Å². The van der Waals surface area contributed by atoms with E-state index in [-0.39, 0.29) is 11.1 Å². The number of nitrogens with one attached hydrogen (secondary N) is 3. The summed E-state index contributed by atoms with van der Waals surface area (Å²) in [5, 5.41) is 14.8. The monoisotopic (exact) mass is 284 g/mol. The summed E-state index contributed by atoms with van der Waals surface area (Å²) >= 11 is 0. The molecule has 0 radical (unpaired) electrons. The molecule has 20 heavy (non-hydrogen) atoms. The van der Waals surface area contributed by atoms with E-state index in [9.17, 15) is 0 Å². The fraction of sp³-hybridized carbons (Fsp3) is 0.938. The minimum Gasteiger partial charge on any atom is -0.330 e. The van der Waals surface area contributed by atoms with Crippen LogP contribution in [-0.4, -0.2) is 36.4 Å². The first-order chi connectivity index (χ1) is 9.08. The van der Waals surface area contributed by atoms with Crippen molar-refractivity contribution < 1.29 is 0 Å². The van der Waals surface area contributed by atoms with Crippen LogP contribution in [0.2, 0.25) is 0 Å². The molecule has 4 heteroatoms. The zero-order valence-electron chi connectivity index (χ0n) is 14.4. The van der Waals surface area contributed by atoms with E-state index < -0.39 is 0 Å². The third-order valence-electron chi connectivity index (χ3n) is 3.84. The lowest BCUT2D eigenvalue weighted by molar-refractivity contribution is 0.351. The fourth-order valence-electron chi connectivity index (χ4n) is 2.04. The van der Waals surface area contributed by atoms with E-state index in [1.807, 2.05) is 6.92 Å². The molecule has 0 aliphatic rings. The fourth-order valence-corrected chi connectivity index (χ4v) is 2.04. The minimum absolute atomic E-state index is 0.185. The Morgan fingerprint density at radius 1 is 1.00 bits per heavy atom. The van der Waals surface area contributed by atoms with Gasteiger partial charge in [-0.05, 0) is 86.4 Å². The van der Waals surface area contributed by atoms with Crippen LogP contribution in [0.4, 0.5) is 0 Å². The first kappa shape index (κ1) is 19.6. The molecule has 1 unspecified atom stereocenters. The maximum atomic E-state index is 7.75. The molecule has 0 saturated heterocycles. The first-order valence-electron chi connectivity index (χ1n) is 7.84. The van der Waals surface area contributed by atoms with Crippen LogP contribution in [0.3, 0.4) is 0 Å². The van der Waals surface area contributed by atoms with Crippen molar-refractivity contribution in [2.75, 3.05) is 19.6 Å². The van der Waals surface area contributed by atoms with Crippen molar-refractivity contribution in [1.29, 1.82) is 5.41 Å². The average molecular weight is 284 g/mol. The van der Waals surface area contributed by atoms with Crippen LogP contribution in [0.5, 0.6) is 0 Å². The van der Waals surface area contributed by atoms with Gasteiger partial charge in [-0.1, -0.05) is 0 Å². The Balaban J connectivity index is 4.06. The van der Waals surface area contributed by atoms with Gasteiger partial charge in [0.25, 0.3) is 0 Å². The van der Waals surface area contributed by atoms with Gasteiger partial charge in [-0.2, -0.15) is 0 Å². The maximum Gasteiger partial charge on any atom is 0.0501 e. The highest BCUT2D eigenvalue weighted by Gasteiger charge is 2.19. The van der Waals surface area contributed by atoms with Crippen LogP contribution in [0.15, 0.2) is 0 Å². The highest BCUT2D eigenvalue weighted by atomic mass is 15.0. The van der Waals surface area contributed by atoms with E-state index in [4.69, 9.17) is 11.1 Å². The molecule has 120 valence electrons. The highest BCUT2D eigenvalue weighted by molar-refractivity contribution is 5.87. The average Bonchev–Trinajstić information content (AvgIpc) is 2.26. The summed E-state index contributed by atoms with van der Waals surface area (Å²) in [6, 6.07) is 0. The van der Waals surface area contributed by atoms with Gasteiger partial charge in [-0.25, -0.2) is 0 Å². The summed E-state index contributed by atoms with van der Waals surface area (Å²) in [6.45, 7) is 15.3. The summed E-state index contributed by atoms with van der Waals surface area (Å²) in [6.07, 6.45) is 3.37. The van der Waals surface area contributed by atoms with Crippen molar-refractivity contribution in [3.05, 3.63) is 0 Å². The topological polar surface area (TPSA) is 73.9 Å². The van der Waals surface area contributed by atoms with Gasteiger partial charge >= 0.3 is 0 Å². The Morgan fingerprint density at radius 2 is 1.50 bits per heavy atom. The second-order valence-corrected chi connectivity index (χ2v) is 7.37. The first-order valence-corrected chi connectivity index (χ1v) is 7.84. The third kappa shape index (κ3) is 9.45. The van der Waals surface area contributed by atoms with Crippen LogP contribution in [0.1, 0.15) is 60.8 Å². The molecule has 0 fully saturated rings. The molecular weight excluding hydrogens is 248 g/mol. The smallest absolute Gasteiger partial charge is 0.0501 e. The zero-order chi connectivity index (χ0) is 15.8. The Morgan fingerprint density at radius 3 is 1.90 bits per heavy atom. The zero-order valence-corrected chi connectivity index (χ0v) is 14.4. The maximum absolute atomic E-state index is 7.75. The molecule has 4 nitrogen and oxygen atoms in total. The quantitative estimate of drug-likeness (QED) is 0.466. The van der Waals surface area contributed by atoms with Gasteiger partial charge in [-0.15, -0.1) is 0 Å². The predicted octanol–water partition coefficient (Wildman–Crippen LogP) is 2.53. The van der Waals surface area contributed by atoms with Gasteiger partial charge in [0.1, 0.15) is 0 Å². The van der Waals surface area contributed by atoms with Gasteiger partial charge in [0.2, 0.25) is 0 Å². The van der Waals surface area contributed by atoms with E-state index in [2.05, 4.69) is 45.3 Å². The summed E-state index contributed by atoms with van der Waals surface area (Å²) in [4.78, 5) is 0. The lowest BCUT2D eigenvalue weighted by Gasteiger charge is -2.27. The molecule has 5 N–H and O–H groups in total. The second-order valence-electron chi connectivity index (χ2n) is 7.37. The van der Waals surface area contributed by atoms with Crippen molar-refractivity contribution in [2.45, 2.75) is 71.9 Å². The van der Waals surface area contributed by atoms with Crippen molar-refractivity contribution in [1.82, 2.24) is 10.6 Å². The van der Waals surface area contributed by atoms with Crippen LogP contribution >= 0.6 is 0 Å². The molecule has 0 aliphatic carbocycles. The van der Waals surface area contributed by atoms with Gasteiger partial charge in [0.05, 0.1) is 5.54 Å². The molecule has 0 heterocycles. The van der Waals surface area contributed by atoms with E-state index in [0.717, 1.165) is 32.5 Å². The summed E-state index contributed by atoms with van der Waals surface area (Å²) in [7, 11) is 0. The Bertz CT molecular complexity index is 279. The molecule has 0 aromatic carbocycles. The molecule has 0 aromatic heterocycles. The van der Waals surface area contributed by atoms with Crippen LogP contribution in [0, 0.1) is 11.3 Å². The van der Waals surface area contributed by atoms with E-state index >= 15 is 0 Å². The van der Waals surface area contributed by atoms with E-state index in [0.29, 0.717) is 11.6 Å². The summed E-state index contributed by atoms with van der Waals surface area (Å²) in [5.41, 5.74) is 6.39. The van der Waals surface area contributed by atoms with Gasteiger partial charge in [0, 0.05) is 11.3 Å². The molecular formula is C16H36N4. The third-order valence-corrected chi connectivity index (χ3v) is 3.84. The molecule has 1 atom stereocenters. The van der Waals surface area contributed by atoms with Crippen LogP contribution in [0.25, 0.3) is 0 Å². The molecule has 0 bridgehead atoms. The standard InChI is InChI=1S/C16H36N4/c1-13(18)16(5,6)20-12-9-14(7-10-17)8-11-19-15(2,3)4/h14,18-20H,7-12,17H2,1-6H3. The Labute approximate surface area is 125 Å². The molecule has 0 aliphatic heterocycles. The molecule has 0 amide bonds. The number of hydrogen-bond acceptors (Lipinski definition) is 4. The molecule has 0 saturated carbocycles. The Kier molecular flexibility index (Phi) is 8.56. The normalized spacial score (nSPS) is 14.3. The number of rotatable bonds is 10. The van der Waals surface area contributed by atoms with Crippen molar-refractivity contribution in [3.8, 4) is 0 Å². The molecule has 0 spiro atoms. The van der Waals surface area contributed by atoms with Crippen molar-refractivity contribution in [2.24, 2.45) is 11.7 Å². The van der Waals surface area contributed by atoms with Gasteiger partial charge < -0.3 is 21.8 Å².